The molecule has 6 nitrogen and oxygen atoms in total. The number of carbonyl (C=O) groups excluding carboxylic acids is 1. The van der Waals surface area contributed by atoms with Crippen LogP contribution in [0.25, 0.3) is 0 Å². The molecule has 0 spiro atoms. The summed E-state index contributed by atoms with van der Waals surface area (Å²) < 4.78 is 5.33. The Morgan fingerprint density at radius 1 is 1.30 bits per heavy atom. The molecule has 3 rings (SSSR count). The zero-order chi connectivity index (χ0) is 14.3. The minimum Gasteiger partial charge on any atom is -0.481 e. The molecule has 1 saturated heterocycles. The van der Waals surface area contributed by atoms with Gasteiger partial charge < -0.3 is 20.5 Å². The largest absolute Gasteiger partial charge is 0.481 e. The number of hydrogen-bond donors (Lipinski definition) is 2. The highest BCUT2D eigenvalue weighted by Gasteiger charge is 2.51. The molecule has 1 aliphatic heterocycles. The van der Waals surface area contributed by atoms with Gasteiger partial charge in [0.1, 0.15) is 0 Å². The van der Waals surface area contributed by atoms with Gasteiger partial charge in [0, 0.05) is 12.6 Å². The molecule has 2 aliphatic carbocycles. The monoisotopic (exact) mass is 282 g/mol. The maximum absolute atomic E-state index is 12.8. The zero-order valence-corrected chi connectivity index (χ0v) is 11.5. The third-order valence-corrected chi connectivity index (χ3v) is 5.19. The second kappa shape index (κ2) is 5.33. The van der Waals surface area contributed by atoms with E-state index in [4.69, 9.17) is 15.6 Å². The van der Waals surface area contributed by atoms with Crippen LogP contribution in [0.5, 0.6) is 0 Å². The number of carbonyl (C=O) groups is 2. The molecule has 0 aromatic heterocycles. The Hall–Kier alpha value is -1.14. The SMILES string of the molecule is NC1C2CCC(C2)C1C(=O)N1CCOCC1CC(=O)O. The molecule has 2 saturated carbocycles. The summed E-state index contributed by atoms with van der Waals surface area (Å²) in [7, 11) is 0. The highest BCUT2D eigenvalue weighted by molar-refractivity contribution is 5.81. The van der Waals surface area contributed by atoms with Gasteiger partial charge in [0.2, 0.25) is 5.91 Å². The van der Waals surface area contributed by atoms with Gasteiger partial charge in [-0.25, -0.2) is 0 Å². The number of nitrogens with two attached hydrogens (primary N) is 1. The van der Waals surface area contributed by atoms with E-state index in [0.29, 0.717) is 31.6 Å². The summed E-state index contributed by atoms with van der Waals surface area (Å²) in [6.45, 7) is 1.28. The summed E-state index contributed by atoms with van der Waals surface area (Å²) in [4.78, 5) is 25.4. The van der Waals surface area contributed by atoms with Crippen LogP contribution in [-0.4, -0.2) is 53.7 Å². The number of fused-ring (bicyclic) bond motifs is 2. The first-order chi connectivity index (χ1) is 9.58. The number of nitrogens with zero attached hydrogens (tertiary/aromatic N) is 1. The Kier molecular flexibility index (Phi) is 3.69. The van der Waals surface area contributed by atoms with Crippen molar-refractivity contribution in [2.75, 3.05) is 19.8 Å². The van der Waals surface area contributed by atoms with Gasteiger partial charge in [-0.05, 0) is 31.1 Å². The van der Waals surface area contributed by atoms with Crippen molar-refractivity contribution in [2.24, 2.45) is 23.5 Å². The van der Waals surface area contributed by atoms with Crippen LogP contribution < -0.4 is 5.73 Å². The molecule has 5 atom stereocenters. The van der Waals surface area contributed by atoms with E-state index in [1.54, 1.807) is 4.90 Å². The Bertz CT molecular complexity index is 412. The van der Waals surface area contributed by atoms with Crippen LogP contribution in [0.4, 0.5) is 0 Å². The lowest BCUT2D eigenvalue weighted by atomic mass is 9.83. The van der Waals surface area contributed by atoms with Gasteiger partial charge in [-0.15, -0.1) is 0 Å². The van der Waals surface area contributed by atoms with Crippen LogP contribution in [-0.2, 0) is 14.3 Å². The molecule has 0 radical (unpaired) electrons. The second-order valence-electron chi connectivity index (χ2n) is 6.29. The van der Waals surface area contributed by atoms with Crippen molar-refractivity contribution in [2.45, 2.75) is 37.8 Å². The number of amides is 1. The van der Waals surface area contributed by atoms with Crippen molar-refractivity contribution in [1.82, 2.24) is 4.90 Å². The number of carboxylic acid groups (broad SMARTS) is 1. The first-order valence-corrected chi connectivity index (χ1v) is 7.43. The number of aliphatic carboxylic acids is 1. The fourth-order valence-corrected chi connectivity index (χ4v) is 4.21. The second-order valence-corrected chi connectivity index (χ2v) is 6.29. The average Bonchev–Trinajstić information content (AvgIpc) is 2.98. The molecule has 3 N–H and O–H groups in total. The van der Waals surface area contributed by atoms with Gasteiger partial charge >= 0.3 is 5.97 Å². The van der Waals surface area contributed by atoms with E-state index in [0.717, 1.165) is 19.3 Å². The van der Waals surface area contributed by atoms with Gasteiger partial charge in [-0.1, -0.05) is 0 Å². The third-order valence-electron chi connectivity index (χ3n) is 5.19. The van der Waals surface area contributed by atoms with E-state index in [1.165, 1.54) is 0 Å². The van der Waals surface area contributed by atoms with E-state index >= 15 is 0 Å². The third kappa shape index (κ3) is 2.31. The van der Waals surface area contributed by atoms with E-state index in [2.05, 4.69) is 0 Å². The summed E-state index contributed by atoms with van der Waals surface area (Å²) in [5.41, 5.74) is 6.22. The fraction of sp³-hybridized carbons (Fsp3) is 0.857. The normalized spacial score (nSPS) is 40.0. The molecule has 2 bridgehead atoms. The highest BCUT2D eigenvalue weighted by atomic mass is 16.5. The van der Waals surface area contributed by atoms with Gasteiger partial charge in [0.25, 0.3) is 0 Å². The molecular formula is C14H22N2O4. The lowest BCUT2D eigenvalue weighted by Crippen LogP contribution is -2.55. The van der Waals surface area contributed by atoms with Crippen molar-refractivity contribution in [3.05, 3.63) is 0 Å². The maximum Gasteiger partial charge on any atom is 0.305 e. The van der Waals surface area contributed by atoms with Crippen molar-refractivity contribution >= 4 is 11.9 Å². The van der Waals surface area contributed by atoms with Gasteiger partial charge in [-0.3, -0.25) is 9.59 Å². The van der Waals surface area contributed by atoms with Crippen LogP contribution in [0, 0.1) is 17.8 Å². The minimum absolute atomic E-state index is 0.0467. The first-order valence-electron chi connectivity index (χ1n) is 7.43. The van der Waals surface area contributed by atoms with Gasteiger partial charge in [0.15, 0.2) is 0 Å². The molecule has 6 heteroatoms. The summed E-state index contributed by atoms with van der Waals surface area (Å²) in [5, 5.41) is 8.97. The van der Waals surface area contributed by atoms with Crippen molar-refractivity contribution in [3.8, 4) is 0 Å². The summed E-state index contributed by atoms with van der Waals surface area (Å²) in [6.07, 6.45) is 3.23. The number of morpholine rings is 1. The van der Waals surface area contributed by atoms with Crippen LogP contribution in [0.2, 0.25) is 0 Å². The molecule has 5 unspecified atom stereocenters. The standard InChI is InChI=1S/C14H22N2O4/c15-13-9-2-1-8(5-9)12(13)14(19)16-3-4-20-7-10(16)6-11(17)18/h8-10,12-13H,1-7,15H2,(H,17,18). The lowest BCUT2D eigenvalue weighted by molar-refractivity contribution is -0.150. The Morgan fingerprint density at radius 3 is 2.70 bits per heavy atom. The Morgan fingerprint density at radius 2 is 2.05 bits per heavy atom. The van der Waals surface area contributed by atoms with Crippen molar-refractivity contribution < 1.29 is 19.4 Å². The fourth-order valence-electron chi connectivity index (χ4n) is 4.21. The predicted octanol–water partition coefficient (Wildman–Crippen LogP) is 0.0619. The van der Waals surface area contributed by atoms with Gasteiger partial charge in [0.05, 0.1) is 31.6 Å². The quantitative estimate of drug-likeness (QED) is 0.763. The molecule has 1 heterocycles. The molecule has 1 amide bonds. The summed E-state index contributed by atoms with van der Waals surface area (Å²) in [5.74, 6) is -0.0679. The minimum atomic E-state index is -0.893. The number of hydrogen-bond acceptors (Lipinski definition) is 4. The zero-order valence-electron chi connectivity index (χ0n) is 11.5. The average molecular weight is 282 g/mol. The van der Waals surface area contributed by atoms with Crippen LogP contribution in [0.15, 0.2) is 0 Å². The number of ether oxygens (including phenoxy) is 1. The van der Waals surface area contributed by atoms with Crippen molar-refractivity contribution in [3.63, 3.8) is 0 Å². The lowest BCUT2D eigenvalue weighted by Gasteiger charge is -2.39. The van der Waals surface area contributed by atoms with Crippen LogP contribution >= 0.6 is 0 Å². The van der Waals surface area contributed by atoms with E-state index in [1.807, 2.05) is 0 Å². The summed E-state index contributed by atoms with van der Waals surface area (Å²) in [6, 6.07) is -0.394. The number of rotatable bonds is 3. The highest BCUT2D eigenvalue weighted by Crippen LogP contribution is 2.48. The van der Waals surface area contributed by atoms with Crippen LogP contribution in [0.1, 0.15) is 25.7 Å². The molecule has 0 aromatic carbocycles. The van der Waals surface area contributed by atoms with E-state index in [9.17, 15) is 9.59 Å². The van der Waals surface area contributed by atoms with Crippen molar-refractivity contribution in [1.29, 1.82) is 0 Å². The van der Waals surface area contributed by atoms with E-state index in [-0.39, 0.29) is 30.3 Å². The Balaban J connectivity index is 1.73. The topological polar surface area (TPSA) is 92.9 Å². The smallest absolute Gasteiger partial charge is 0.305 e. The van der Waals surface area contributed by atoms with Crippen LogP contribution in [0.3, 0.4) is 0 Å². The maximum atomic E-state index is 12.8. The molecule has 3 aliphatic rings. The first kappa shape index (κ1) is 13.8. The molecule has 112 valence electrons. The predicted molar refractivity (Wildman–Crippen MR) is 70.9 cm³/mol. The molecular weight excluding hydrogens is 260 g/mol. The Labute approximate surface area is 118 Å². The van der Waals surface area contributed by atoms with E-state index < -0.39 is 5.97 Å². The number of carboxylic acids is 1. The van der Waals surface area contributed by atoms with Gasteiger partial charge in [-0.2, -0.15) is 0 Å². The molecule has 0 aromatic rings. The molecule has 3 fully saturated rings. The summed E-state index contributed by atoms with van der Waals surface area (Å²) >= 11 is 0. The molecule has 20 heavy (non-hydrogen) atoms.